The van der Waals surface area contributed by atoms with Crippen LogP contribution in [-0.2, 0) is 6.42 Å². The standard InChI is InChI=1S/C12H13NO2S/c1-14-11-4-3-9(6-12(11)15-2)5-10-7-13-8-16-10/h3-4,6-8H,5H2,1-2H3. The molecule has 0 aliphatic carbocycles. The van der Waals surface area contributed by atoms with E-state index in [1.165, 1.54) is 10.4 Å². The molecule has 2 rings (SSSR count). The first-order chi connectivity index (χ1) is 7.83. The van der Waals surface area contributed by atoms with Crippen LogP contribution >= 0.6 is 11.3 Å². The Balaban J connectivity index is 2.22. The fraction of sp³-hybridized carbons (Fsp3) is 0.250. The normalized spacial score (nSPS) is 10.1. The summed E-state index contributed by atoms with van der Waals surface area (Å²) in [6.07, 6.45) is 2.77. The summed E-state index contributed by atoms with van der Waals surface area (Å²) in [5.41, 5.74) is 3.04. The van der Waals surface area contributed by atoms with Gasteiger partial charge in [0.25, 0.3) is 0 Å². The predicted octanol–water partition coefficient (Wildman–Crippen LogP) is 2.75. The van der Waals surface area contributed by atoms with E-state index in [1.807, 2.05) is 29.9 Å². The fourth-order valence-electron chi connectivity index (χ4n) is 1.52. The van der Waals surface area contributed by atoms with Crippen LogP contribution in [0.25, 0.3) is 0 Å². The molecule has 0 saturated carbocycles. The van der Waals surface area contributed by atoms with Crippen molar-refractivity contribution in [3.8, 4) is 11.5 Å². The number of methoxy groups -OCH3 is 2. The number of hydrogen-bond donors (Lipinski definition) is 0. The highest BCUT2D eigenvalue weighted by Gasteiger charge is 2.05. The van der Waals surface area contributed by atoms with Gasteiger partial charge in [0.05, 0.1) is 19.7 Å². The van der Waals surface area contributed by atoms with Gasteiger partial charge in [0, 0.05) is 17.5 Å². The third-order valence-electron chi connectivity index (χ3n) is 2.31. The first-order valence-electron chi connectivity index (χ1n) is 4.91. The topological polar surface area (TPSA) is 31.4 Å². The molecule has 0 fully saturated rings. The summed E-state index contributed by atoms with van der Waals surface area (Å²) in [6, 6.07) is 5.97. The first-order valence-corrected chi connectivity index (χ1v) is 5.79. The van der Waals surface area contributed by atoms with Crippen LogP contribution in [0.1, 0.15) is 10.4 Å². The summed E-state index contributed by atoms with van der Waals surface area (Å²) in [5.74, 6) is 1.53. The zero-order valence-electron chi connectivity index (χ0n) is 9.27. The molecular weight excluding hydrogens is 222 g/mol. The molecule has 0 saturated heterocycles. The predicted molar refractivity (Wildman–Crippen MR) is 64.5 cm³/mol. The van der Waals surface area contributed by atoms with E-state index in [-0.39, 0.29) is 0 Å². The number of hydrogen-bond acceptors (Lipinski definition) is 4. The van der Waals surface area contributed by atoms with Crippen molar-refractivity contribution in [1.82, 2.24) is 4.98 Å². The Labute approximate surface area is 98.7 Å². The highest BCUT2D eigenvalue weighted by Crippen LogP contribution is 2.28. The molecule has 84 valence electrons. The van der Waals surface area contributed by atoms with Crippen LogP contribution in [0, 0.1) is 0 Å². The van der Waals surface area contributed by atoms with Crippen molar-refractivity contribution in [3.63, 3.8) is 0 Å². The van der Waals surface area contributed by atoms with Crippen LogP contribution in [0.5, 0.6) is 11.5 Å². The maximum Gasteiger partial charge on any atom is 0.160 e. The molecule has 0 N–H and O–H groups in total. The van der Waals surface area contributed by atoms with Gasteiger partial charge in [-0.2, -0.15) is 0 Å². The lowest BCUT2D eigenvalue weighted by molar-refractivity contribution is 0.354. The van der Waals surface area contributed by atoms with Gasteiger partial charge in [-0.25, -0.2) is 0 Å². The van der Waals surface area contributed by atoms with Gasteiger partial charge in [0.15, 0.2) is 11.5 Å². The molecule has 0 bridgehead atoms. The van der Waals surface area contributed by atoms with Crippen LogP contribution in [0.2, 0.25) is 0 Å². The van der Waals surface area contributed by atoms with Crippen LogP contribution in [-0.4, -0.2) is 19.2 Å². The van der Waals surface area contributed by atoms with Gasteiger partial charge >= 0.3 is 0 Å². The molecule has 0 unspecified atom stereocenters. The summed E-state index contributed by atoms with van der Waals surface area (Å²) in [4.78, 5) is 5.30. The van der Waals surface area contributed by atoms with Crippen LogP contribution < -0.4 is 9.47 Å². The van der Waals surface area contributed by atoms with E-state index in [0.717, 1.165) is 17.9 Å². The van der Waals surface area contributed by atoms with E-state index in [2.05, 4.69) is 4.98 Å². The molecular formula is C12H13NO2S. The second-order valence-corrected chi connectivity index (χ2v) is 4.30. The first kappa shape index (κ1) is 11.0. The zero-order chi connectivity index (χ0) is 11.4. The summed E-state index contributed by atoms with van der Waals surface area (Å²) < 4.78 is 10.5. The van der Waals surface area contributed by atoms with E-state index in [9.17, 15) is 0 Å². The van der Waals surface area contributed by atoms with Crippen molar-refractivity contribution in [2.75, 3.05) is 14.2 Å². The smallest absolute Gasteiger partial charge is 0.160 e. The maximum absolute atomic E-state index is 5.26. The minimum Gasteiger partial charge on any atom is -0.493 e. The molecule has 4 heteroatoms. The molecule has 16 heavy (non-hydrogen) atoms. The minimum absolute atomic E-state index is 0.760. The molecule has 1 aromatic carbocycles. The summed E-state index contributed by atoms with van der Waals surface area (Å²) in [6.45, 7) is 0. The van der Waals surface area contributed by atoms with Gasteiger partial charge in [0.1, 0.15) is 0 Å². The second-order valence-electron chi connectivity index (χ2n) is 3.33. The second kappa shape index (κ2) is 4.99. The maximum atomic E-state index is 5.26. The van der Waals surface area contributed by atoms with Gasteiger partial charge in [-0.1, -0.05) is 6.07 Å². The van der Waals surface area contributed by atoms with Gasteiger partial charge in [-0.15, -0.1) is 11.3 Å². The highest BCUT2D eigenvalue weighted by atomic mass is 32.1. The summed E-state index contributed by atoms with van der Waals surface area (Å²) in [7, 11) is 3.29. The van der Waals surface area contributed by atoms with E-state index >= 15 is 0 Å². The van der Waals surface area contributed by atoms with Crippen molar-refractivity contribution in [3.05, 3.63) is 40.3 Å². The number of rotatable bonds is 4. The van der Waals surface area contributed by atoms with E-state index in [1.54, 1.807) is 25.6 Å². The average molecular weight is 235 g/mol. The Hall–Kier alpha value is -1.55. The Bertz CT molecular complexity index is 454. The van der Waals surface area contributed by atoms with Crippen LogP contribution in [0.15, 0.2) is 29.9 Å². The molecule has 2 aromatic rings. The van der Waals surface area contributed by atoms with Gasteiger partial charge in [0.2, 0.25) is 0 Å². The molecule has 0 spiro atoms. The third-order valence-corrected chi connectivity index (χ3v) is 3.09. The number of benzene rings is 1. The number of nitrogens with zero attached hydrogens (tertiary/aromatic N) is 1. The van der Waals surface area contributed by atoms with Gasteiger partial charge in [-0.05, 0) is 17.7 Å². The monoisotopic (exact) mass is 235 g/mol. The molecule has 0 aliphatic rings. The third kappa shape index (κ3) is 2.33. The molecule has 3 nitrogen and oxygen atoms in total. The van der Waals surface area contributed by atoms with Crippen molar-refractivity contribution >= 4 is 11.3 Å². The lowest BCUT2D eigenvalue weighted by Gasteiger charge is -2.08. The van der Waals surface area contributed by atoms with Gasteiger partial charge in [-0.3, -0.25) is 4.98 Å². The van der Waals surface area contributed by atoms with Crippen molar-refractivity contribution in [2.24, 2.45) is 0 Å². The number of thiazole rings is 1. The van der Waals surface area contributed by atoms with E-state index < -0.39 is 0 Å². The van der Waals surface area contributed by atoms with Crippen molar-refractivity contribution < 1.29 is 9.47 Å². The van der Waals surface area contributed by atoms with Gasteiger partial charge < -0.3 is 9.47 Å². The molecule has 1 heterocycles. The van der Waals surface area contributed by atoms with Crippen molar-refractivity contribution in [2.45, 2.75) is 6.42 Å². The molecule has 0 aliphatic heterocycles. The Morgan fingerprint density at radius 1 is 1.19 bits per heavy atom. The Kier molecular flexibility index (Phi) is 3.41. The van der Waals surface area contributed by atoms with Crippen molar-refractivity contribution in [1.29, 1.82) is 0 Å². The van der Waals surface area contributed by atoms with Crippen LogP contribution in [0.3, 0.4) is 0 Å². The molecule has 0 radical (unpaired) electrons. The lowest BCUT2D eigenvalue weighted by atomic mass is 10.1. The molecule has 1 aromatic heterocycles. The summed E-state index contributed by atoms with van der Waals surface area (Å²) in [5, 5.41) is 0. The summed E-state index contributed by atoms with van der Waals surface area (Å²) >= 11 is 1.66. The quantitative estimate of drug-likeness (QED) is 0.816. The molecule has 0 atom stereocenters. The van der Waals surface area contributed by atoms with E-state index in [4.69, 9.17) is 9.47 Å². The highest BCUT2D eigenvalue weighted by molar-refractivity contribution is 7.09. The largest absolute Gasteiger partial charge is 0.493 e. The molecule has 0 amide bonds. The lowest BCUT2D eigenvalue weighted by Crippen LogP contribution is -1.92. The average Bonchev–Trinajstić information content (AvgIpc) is 2.81. The number of aromatic nitrogens is 1. The Morgan fingerprint density at radius 2 is 2.00 bits per heavy atom. The Morgan fingerprint density at radius 3 is 2.62 bits per heavy atom. The number of ether oxygens (including phenoxy) is 2. The van der Waals surface area contributed by atoms with Crippen LogP contribution in [0.4, 0.5) is 0 Å². The zero-order valence-corrected chi connectivity index (χ0v) is 10.1. The fourth-order valence-corrected chi connectivity index (χ4v) is 2.15. The SMILES string of the molecule is COc1ccc(Cc2cncs2)cc1OC. The minimum atomic E-state index is 0.760. The van der Waals surface area contributed by atoms with E-state index in [0.29, 0.717) is 0 Å².